The van der Waals surface area contributed by atoms with E-state index in [0.717, 1.165) is 38.9 Å². The molecule has 0 fully saturated rings. The smallest absolute Gasteiger partial charge is 0.144 e. The molecule has 5 aromatic rings. The summed E-state index contributed by atoms with van der Waals surface area (Å²) in [6.45, 7) is 3.33. The summed E-state index contributed by atoms with van der Waals surface area (Å²) in [5.41, 5.74) is 6.26. The van der Waals surface area contributed by atoms with Crippen LogP contribution in [0, 0.1) is 0 Å². The van der Waals surface area contributed by atoms with E-state index in [-0.39, 0.29) is 19.0 Å². The van der Waals surface area contributed by atoms with Crippen LogP contribution in [0.5, 0.6) is 5.75 Å². The van der Waals surface area contributed by atoms with Crippen molar-refractivity contribution >= 4 is 0 Å². The fraction of sp³-hybridized carbons (Fsp3) is 0.0625. The van der Waals surface area contributed by atoms with Crippen LogP contribution < -0.4 is 4.74 Å². The van der Waals surface area contributed by atoms with E-state index < -0.39 is 0 Å². The van der Waals surface area contributed by atoms with E-state index in [9.17, 15) is 10.2 Å². The number of ether oxygens (including phenoxy) is 1. The minimum absolute atomic E-state index is 0.0266. The van der Waals surface area contributed by atoms with Crippen molar-refractivity contribution in [1.82, 2.24) is 0 Å². The summed E-state index contributed by atoms with van der Waals surface area (Å²) >= 11 is 0. The Hall–Kier alpha value is -4.54. The van der Waals surface area contributed by atoms with Gasteiger partial charge in [-0.25, -0.2) is 0 Å². The van der Waals surface area contributed by atoms with Gasteiger partial charge < -0.3 is 19.4 Å². The Kier molecular flexibility index (Phi) is 6.69. The molecule has 0 unspecified atom stereocenters. The van der Waals surface area contributed by atoms with Gasteiger partial charge in [-0.05, 0) is 28.8 Å². The second-order valence-corrected chi connectivity index (χ2v) is 8.43. The minimum Gasteiger partial charge on any atom is -0.509 e. The van der Waals surface area contributed by atoms with Gasteiger partial charge in [0, 0.05) is 22.3 Å². The first-order valence-corrected chi connectivity index (χ1v) is 11.7. The lowest BCUT2D eigenvalue weighted by atomic mass is 9.93. The molecule has 5 rings (SSSR count). The van der Waals surface area contributed by atoms with Crippen LogP contribution >= 0.6 is 0 Å². The summed E-state index contributed by atoms with van der Waals surface area (Å²) in [5.74, 6) is 1.93. The predicted molar refractivity (Wildman–Crippen MR) is 144 cm³/mol. The molecule has 1 aromatic heterocycles. The first-order chi connectivity index (χ1) is 17.7. The van der Waals surface area contributed by atoms with Crippen molar-refractivity contribution in [2.45, 2.75) is 6.61 Å². The molecule has 0 radical (unpaired) electrons. The van der Waals surface area contributed by atoms with E-state index >= 15 is 0 Å². The van der Waals surface area contributed by atoms with Crippen molar-refractivity contribution in [1.29, 1.82) is 0 Å². The van der Waals surface area contributed by atoms with Crippen molar-refractivity contribution in [3.63, 3.8) is 0 Å². The molecule has 0 amide bonds. The first-order valence-electron chi connectivity index (χ1n) is 11.7. The highest BCUT2D eigenvalue weighted by Gasteiger charge is 2.24. The normalized spacial score (nSPS) is 10.8. The maximum Gasteiger partial charge on any atom is 0.144 e. The number of rotatable bonds is 8. The number of aliphatic hydroxyl groups is 2. The molecular weight excluding hydrogens is 448 g/mol. The van der Waals surface area contributed by atoms with Crippen molar-refractivity contribution in [2.75, 3.05) is 6.61 Å². The van der Waals surface area contributed by atoms with Crippen molar-refractivity contribution in [3.05, 3.63) is 127 Å². The molecule has 4 aromatic carbocycles. The zero-order valence-corrected chi connectivity index (χ0v) is 19.7. The van der Waals surface area contributed by atoms with Crippen LogP contribution in [0.1, 0.15) is 5.56 Å². The minimum atomic E-state index is -0.175. The number of furan rings is 1. The second-order valence-electron chi connectivity index (χ2n) is 8.43. The standard InChI is InChI=1S/C32H26O4/c1-22(34)21-35-26-16-10-15-25(19-26)27-17-8-9-18-28(27)32-29(20-33)30(23-11-4-2-5-12-23)31(36-32)24-13-6-3-7-14-24/h2-19,33-34H,1,20-21H2. The topological polar surface area (TPSA) is 62.8 Å². The van der Waals surface area contributed by atoms with Gasteiger partial charge >= 0.3 is 0 Å². The van der Waals surface area contributed by atoms with E-state index in [0.29, 0.717) is 17.3 Å². The molecule has 4 nitrogen and oxygen atoms in total. The summed E-state index contributed by atoms with van der Waals surface area (Å²) < 4.78 is 12.2. The zero-order valence-electron chi connectivity index (χ0n) is 19.7. The molecule has 36 heavy (non-hydrogen) atoms. The Balaban J connectivity index is 1.70. The van der Waals surface area contributed by atoms with E-state index in [1.807, 2.05) is 109 Å². The maximum absolute atomic E-state index is 10.6. The number of hydrogen-bond acceptors (Lipinski definition) is 4. The summed E-state index contributed by atoms with van der Waals surface area (Å²) in [5, 5.41) is 20.0. The van der Waals surface area contributed by atoms with Gasteiger partial charge in [-0.2, -0.15) is 0 Å². The molecular formula is C32H26O4. The monoisotopic (exact) mass is 474 g/mol. The van der Waals surface area contributed by atoms with Gasteiger partial charge in [-0.1, -0.05) is 104 Å². The molecule has 0 aliphatic rings. The van der Waals surface area contributed by atoms with Gasteiger partial charge in [-0.3, -0.25) is 0 Å². The van der Waals surface area contributed by atoms with Crippen LogP contribution in [0.4, 0.5) is 0 Å². The Bertz CT molecular complexity index is 1480. The third-order valence-corrected chi connectivity index (χ3v) is 5.99. The Morgan fingerprint density at radius 2 is 1.31 bits per heavy atom. The van der Waals surface area contributed by atoms with E-state index in [4.69, 9.17) is 9.15 Å². The van der Waals surface area contributed by atoms with Gasteiger partial charge in [0.15, 0.2) is 0 Å². The highest BCUT2D eigenvalue weighted by molar-refractivity contribution is 5.91. The van der Waals surface area contributed by atoms with Gasteiger partial charge in [0.25, 0.3) is 0 Å². The molecule has 0 saturated heterocycles. The number of benzene rings is 4. The molecule has 0 bridgehead atoms. The van der Waals surface area contributed by atoms with E-state index in [2.05, 4.69) is 6.58 Å². The number of aliphatic hydroxyl groups excluding tert-OH is 2. The molecule has 178 valence electrons. The van der Waals surface area contributed by atoms with Gasteiger partial charge in [0.2, 0.25) is 0 Å². The van der Waals surface area contributed by atoms with Gasteiger partial charge in [-0.15, -0.1) is 0 Å². The quantitative estimate of drug-likeness (QED) is 0.224. The van der Waals surface area contributed by atoms with Crippen molar-refractivity contribution in [2.24, 2.45) is 0 Å². The highest BCUT2D eigenvalue weighted by atomic mass is 16.5. The zero-order chi connectivity index (χ0) is 24.9. The Morgan fingerprint density at radius 3 is 1.97 bits per heavy atom. The molecule has 0 saturated carbocycles. The Labute approximate surface area is 210 Å². The first kappa shape index (κ1) is 23.2. The van der Waals surface area contributed by atoms with Crippen LogP contribution in [-0.4, -0.2) is 16.8 Å². The van der Waals surface area contributed by atoms with E-state index in [1.54, 1.807) is 0 Å². The third kappa shape index (κ3) is 4.67. The fourth-order valence-corrected chi connectivity index (χ4v) is 4.39. The molecule has 0 aliphatic carbocycles. The maximum atomic E-state index is 10.6. The molecule has 0 spiro atoms. The van der Waals surface area contributed by atoms with Crippen LogP contribution in [0.25, 0.3) is 44.9 Å². The van der Waals surface area contributed by atoms with Gasteiger partial charge in [0.05, 0.1) is 6.61 Å². The molecule has 2 N–H and O–H groups in total. The average Bonchev–Trinajstić information content (AvgIpc) is 3.32. The van der Waals surface area contributed by atoms with Gasteiger partial charge in [0.1, 0.15) is 29.6 Å². The number of hydrogen-bond donors (Lipinski definition) is 2. The van der Waals surface area contributed by atoms with Crippen molar-refractivity contribution < 1.29 is 19.4 Å². The second kappa shape index (κ2) is 10.4. The molecule has 1 heterocycles. The van der Waals surface area contributed by atoms with Crippen LogP contribution in [-0.2, 0) is 6.61 Å². The summed E-state index contributed by atoms with van der Waals surface area (Å²) in [7, 11) is 0. The van der Waals surface area contributed by atoms with Crippen LogP contribution in [0.2, 0.25) is 0 Å². The van der Waals surface area contributed by atoms with E-state index in [1.165, 1.54) is 0 Å². The SMILES string of the molecule is C=C(O)COc1cccc(-c2ccccc2-c2oc(-c3ccccc3)c(-c3ccccc3)c2CO)c1. The lowest BCUT2D eigenvalue weighted by Crippen LogP contribution is -1.99. The Morgan fingerprint density at radius 1 is 0.694 bits per heavy atom. The molecule has 0 aliphatic heterocycles. The lowest BCUT2D eigenvalue weighted by Gasteiger charge is -2.12. The summed E-state index contributed by atoms with van der Waals surface area (Å²) in [6, 6.07) is 35.6. The average molecular weight is 475 g/mol. The van der Waals surface area contributed by atoms with Crippen LogP contribution in [0.3, 0.4) is 0 Å². The lowest BCUT2D eigenvalue weighted by molar-refractivity contribution is 0.272. The fourth-order valence-electron chi connectivity index (χ4n) is 4.39. The third-order valence-electron chi connectivity index (χ3n) is 5.99. The summed E-state index contributed by atoms with van der Waals surface area (Å²) in [4.78, 5) is 0. The molecule has 4 heteroatoms. The highest BCUT2D eigenvalue weighted by Crippen LogP contribution is 2.45. The van der Waals surface area contributed by atoms with Crippen molar-refractivity contribution in [3.8, 4) is 50.7 Å². The van der Waals surface area contributed by atoms with Crippen LogP contribution in [0.15, 0.2) is 126 Å². The molecule has 0 atom stereocenters. The summed E-state index contributed by atoms with van der Waals surface area (Å²) in [6.07, 6.45) is 0. The predicted octanol–water partition coefficient (Wildman–Crippen LogP) is 7.89. The largest absolute Gasteiger partial charge is 0.509 e.